The molecule has 0 aromatic carbocycles. The summed E-state index contributed by atoms with van der Waals surface area (Å²) < 4.78 is 5.24. The minimum Gasteiger partial charge on any atom is -0.384 e. The standard InChI is InChI=1S/C18H34N2O3/c1-17(2,3)13-20-9-5-8-18(22,16(20)21)14-19-10-6-15(7-11-19)12-23-4/h15,22H,5-14H2,1-4H3. The van der Waals surface area contributed by atoms with Gasteiger partial charge in [0.2, 0.25) is 0 Å². The molecule has 0 saturated carbocycles. The second-order valence-corrected chi connectivity index (χ2v) is 8.60. The van der Waals surface area contributed by atoms with E-state index in [2.05, 4.69) is 25.7 Å². The van der Waals surface area contributed by atoms with Crippen LogP contribution in [0.25, 0.3) is 0 Å². The van der Waals surface area contributed by atoms with Crippen molar-refractivity contribution < 1.29 is 14.6 Å². The average molecular weight is 326 g/mol. The molecule has 0 aromatic heterocycles. The van der Waals surface area contributed by atoms with E-state index in [9.17, 15) is 9.90 Å². The quantitative estimate of drug-likeness (QED) is 0.836. The van der Waals surface area contributed by atoms with Crippen molar-refractivity contribution in [2.24, 2.45) is 11.3 Å². The van der Waals surface area contributed by atoms with Crippen molar-refractivity contribution in [1.82, 2.24) is 9.80 Å². The molecule has 2 saturated heterocycles. The molecular weight excluding hydrogens is 292 g/mol. The Labute approximate surface area is 141 Å². The van der Waals surface area contributed by atoms with Crippen LogP contribution in [0.2, 0.25) is 0 Å². The average Bonchev–Trinajstić information content (AvgIpc) is 2.45. The first-order chi connectivity index (χ1) is 10.7. The fraction of sp³-hybridized carbons (Fsp3) is 0.944. The van der Waals surface area contributed by atoms with Crippen molar-refractivity contribution in [3.63, 3.8) is 0 Å². The molecule has 2 heterocycles. The summed E-state index contributed by atoms with van der Waals surface area (Å²) in [5.74, 6) is 0.544. The molecular formula is C18H34N2O3. The number of β-amino-alcohol motifs (C(OH)–C–C–N with tert-alkyl or cyclic N) is 1. The summed E-state index contributed by atoms with van der Waals surface area (Å²) in [6, 6.07) is 0. The van der Waals surface area contributed by atoms with E-state index < -0.39 is 5.60 Å². The number of likely N-dealkylation sites (tertiary alicyclic amines) is 2. The Bertz CT molecular complexity index is 400. The zero-order valence-corrected chi connectivity index (χ0v) is 15.3. The number of piperidine rings is 2. The third-order valence-corrected chi connectivity index (χ3v) is 4.96. The number of nitrogens with zero attached hydrogens (tertiary/aromatic N) is 2. The molecule has 2 aliphatic rings. The highest BCUT2D eigenvalue weighted by molar-refractivity contribution is 5.86. The lowest BCUT2D eigenvalue weighted by Gasteiger charge is -2.43. The maximum Gasteiger partial charge on any atom is 0.255 e. The number of aliphatic hydroxyl groups is 1. The Hall–Kier alpha value is -0.650. The number of rotatable bonds is 5. The summed E-state index contributed by atoms with van der Waals surface area (Å²) in [4.78, 5) is 16.9. The molecule has 1 N–H and O–H groups in total. The Morgan fingerprint density at radius 3 is 2.48 bits per heavy atom. The lowest BCUT2D eigenvalue weighted by Crippen LogP contribution is -2.60. The predicted molar refractivity (Wildman–Crippen MR) is 91.3 cm³/mol. The second kappa shape index (κ2) is 7.49. The second-order valence-electron chi connectivity index (χ2n) is 8.60. The molecule has 2 rings (SSSR count). The molecule has 134 valence electrons. The minimum absolute atomic E-state index is 0.0619. The van der Waals surface area contributed by atoms with E-state index in [4.69, 9.17) is 4.74 Å². The number of amides is 1. The van der Waals surface area contributed by atoms with E-state index in [-0.39, 0.29) is 11.3 Å². The summed E-state index contributed by atoms with van der Waals surface area (Å²) >= 11 is 0. The molecule has 23 heavy (non-hydrogen) atoms. The molecule has 1 atom stereocenters. The van der Waals surface area contributed by atoms with Crippen LogP contribution in [0.5, 0.6) is 0 Å². The van der Waals surface area contributed by atoms with Gasteiger partial charge in [-0.2, -0.15) is 0 Å². The Balaban J connectivity index is 1.91. The Morgan fingerprint density at radius 1 is 1.26 bits per heavy atom. The molecule has 0 spiro atoms. The van der Waals surface area contributed by atoms with Crippen LogP contribution in [0.4, 0.5) is 0 Å². The monoisotopic (exact) mass is 326 g/mol. The van der Waals surface area contributed by atoms with Crippen LogP contribution in [0.15, 0.2) is 0 Å². The summed E-state index contributed by atoms with van der Waals surface area (Å²) in [5, 5.41) is 11.0. The normalized spacial score (nSPS) is 28.4. The zero-order chi connectivity index (χ0) is 17.1. The van der Waals surface area contributed by atoms with Gasteiger partial charge < -0.3 is 14.7 Å². The van der Waals surface area contributed by atoms with Gasteiger partial charge >= 0.3 is 0 Å². The van der Waals surface area contributed by atoms with Crippen LogP contribution in [-0.2, 0) is 9.53 Å². The van der Waals surface area contributed by atoms with Crippen molar-refractivity contribution in [3.05, 3.63) is 0 Å². The van der Waals surface area contributed by atoms with E-state index in [0.717, 1.165) is 45.5 Å². The Morgan fingerprint density at radius 2 is 1.91 bits per heavy atom. The van der Waals surface area contributed by atoms with Crippen LogP contribution in [0.3, 0.4) is 0 Å². The fourth-order valence-electron chi connectivity index (χ4n) is 3.85. The summed E-state index contributed by atoms with van der Waals surface area (Å²) in [7, 11) is 1.75. The van der Waals surface area contributed by atoms with Crippen LogP contribution >= 0.6 is 0 Å². The molecule has 0 aliphatic carbocycles. The first-order valence-corrected chi connectivity index (χ1v) is 8.96. The van der Waals surface area contributed by atoms with Crippen LogP contribution in [-0.4, -0.2) is 72.9 Å². The van der Waals surface area contributed by atoms with Gasteiger partial charge in [-0.1, -0.05) is 20.8 Å². The van der Waals surface area contributed by atoms with Gasteiger partial charge in [-0.15, -0.1) is 0 Å². The maximum absolute atomic E-state index is 12.8. The van der Waals surface area contributed by atoms with Gasteiger partial charge in [-0.25, -0.2) is 0 Å². The van der Waals surface area contributed by atoms with Gasteiger partial charge in [-0.05, 0) is 50.1 Å². The highest BCUT2D eigenvalue weighted by atomic mass is 16.5. The van der Waals surface area contributed by atoms with Crippen LogP contribution in [0.1, 0.15) is 46.5 Å². The molecule has 2 aliphatic heterocycles. The summed E-state index contributed by atoms with van der Waals surface area (Å²) in [5.41, 5.74) is -1.13. The summed E-state index contributed by atoms with van der Waals surface area (Å²) in [6.45, 7) is 11.1. The largest absolute Gasteiger partial charge is 0.384 e. The molecule has 5 heteroatoms. The van der Waals surface area contributed by atoms with Gasteiger partial charge in [0.15, 0.2) is 5.60 Å². The molecule has 1 amide bonds. The number of carbonyl (C=O) groups is 1. The zero-order valence-electron chi connectivity index (χ0n) is 15.3. The van der Waals surface area contributed by atoms with Crippen molar-refractivity contribution in [3.8, 4) is 0 Å². The smallest absolute Gasteiger partial charge is 0.255 e. The molecule has 0 aromatic rings. The number of hydrogen-bond acceptors (Lipinski definition) is 4. The lowest BCUT2D eigenvalue weighted by molar-refractivity contribution is -0.161. The Kier molecular flexibility index (Phi) is 6.09. The minimum atomic E-state index is -1.20. The SMILES string of the molecule is COCC1CCN(CC2(O)CCCN(CC(C)(C)C)C2=O)CC1. The fourth-order valence-corrected chi connectivity index (χ4v) is 3.85. The van der Waals surface area contributed by atoms with Gasteiger partial charge in [0.1, 0.15) is 0 Å². The van der Waals surface area contributed by atoms with Crippen LogP contribution < -0.4 is 0 Å². The van der Waals surface area contributed by atoms with E-state index in [1.807, 2.05) is 4.90 Å². The molecule has 0 radical (unpaired) electrons. The van der Waals surface area contributed by atoms with Gasteiger partial charge in [-0.3, -0.25) is 9.69 Å². The van der Waals surface area contributed by atoms with Gasteiger partial charge in [0.05, 0.1) is 0 Å². The molecule has 5 nitrogen and oxygen atoms in total. The van der Waals surface area contributed by atoms with E-state index in [1.54, 1.807) is 7.11 Å². The first-order valence-electron chi connectivity index (χ1n) is 8.96. The van der Waals surface area contributed by atoms with Crippen molar-refractivity contribution >= 4 is 5.91 Å². The highest BCUT2D eigenvalue weighted by Gasteiger charge is 2.44. The highest BCUT2D eigenvalue weighted by Crippen LogP contribution is 2.28. The molecule has 2 fully saturated rings. The van der Waals surface area contributed by atoms with Crippen molar-refractivity contribution in [2.45, 2.75) is 52.1 Å². The predicted octanol–water partition coefficient (Wildman–Crippen LogP) is 1.74. The van der Waals surface area contributed by atoms with E-state index >= 15 is 0 Å². The third-order valence-electron chi connectivity index (χ3n) is 4.96. The third kappa shape index (κ3) is 5.16. The molecule has 1 unspecified atom stereocenters. The number of hydrogen-bond donors (Lipinski definition) is 1. The van der Waals surface area contributed by atoms with Crippen molar-refractivity contribution in [2.75, 3.05) is 46.4 Å². The number of methoxy groups -OCH3 is 1. The van der Waals surface area contributed by atoms with E-state index in [0.29, 0.717) is 25.4 Å². The number of ether oxygens (including phenoxy) is 1. The van der Waals surface area contributed by atoms with Crippen molar-refractivity contribution in [1.29, 1.82) is 0 Å². The lowest BCUT2D eigenvalue weighted by atomic mass is 9.87. The molecule has 0 bridgehead atoms. The topological polar surface area (TPSA) is 53.0 Å². The number of carbonyl (C=O) groups excluding carboxylic acids is 1. The van der Waals surface area contributed by atoms with Gasteiger partial charge in [0.25, 0.3) is 5.91 Å². The van der Waals surface area contributed by atoms with Crippen LogP contribution in [0, 0.1) is 11.3 Å². The first kappa shape index (κ1) is 18.7. The van der Waals surface area contributed by atoms with E-state index in [1.165, 1.54) is 0 Å². The van der Waals surface area contributed by atoms with Gasteiger partial charge in [0, 0.05) is 33.4 Å². The maximum atomic E-state index is 12.8. The summed E-state index contributed by atoms with van der Waals surface area (Å²) in [6.07, 6.45) is 3.65.